The van der Waals surface area contributed by atoms with Gasteiger partial charge in [-0.15, -0.1) is 0 Å². The van der Waals surface area contributed by atoms with E-state index in [1.165, 1.54) is 7.11 Å². The number of methoxy groups -OCH3 is 1. The Morgan fingerprint density at radius 1 is 1.41 bits per heavy atom. The molecule has 3 N–H and O–H groups in total. The van der Waals surface area contributed by atoms with Gasteiger partial charge in [-0.25, -0.2) is 4.79 Å². The molecule has 2 rings (SSSR count). The predicted molar refractivity (Wildman–Crippen MR) is 67.0 cm³/mol. The summed E-state index contributed by atoms with van der Waals surface area (Å²) in [5.74, 6) is -0.416. The van der Waals surface area contributed by atoms with Crippen molar-refractivity contribution in [2.75, 3.05) is 12.8 Å². The Balaban J connectivity index is 2.58. The van der Waals surface area contributed by atoms with Gasteiger partial charge < -0.3 is 15.5 Å². The second-order valence-electron chi connectivity index (χ2n) is 3.46. The van der Waals surface area contributed by atoms with Gasteiger partial charge in [-0.1, -0.05) is 23.7 Å². The van der Waals surface area contributed by atoms with Gasteiger partial charge in [0.25, 0.3) is 0 Å². The molecule has 0 fully saturated rings. The summed E-state index contributed by atoms with van der Waals surface area (Å²) >= 11 is 5.94. The molecular formula is C12H11ClN2O2. The van der Waals surface area contributed by atoms with Gasteiger partial charge in [-0.2, -0.15) is 0 Å². The van der Waals surface area contributed by atoms with Crippen molar-refractivity contribution < 1.29 is 9.53 Å². The number of nitrogens with two attached hydrogens (primary N) is 1. The van der Waals surface area contributed by atoms with Gasteiger partial charge in [0.05, 0.1) is 29.1 Å². The van der Waals surface area contributed by atoms with E-state index in [0.29, 0.717) is 27.5 Å². The summed E-state index contributed by atoms with van der Waals surface area (Å²) in [5, 5.41) is 0.452. The predicted octanol–water partition coefficient (Wildman–Crippen LogP) is 2.70. The van der Waals surface area contributed by atoms with E-state index in [0.717, 1.165) is 0 Å². The molecule has 0 atom stereocenters. The van der Waals surface area contributed by atoms with Crippen molar-refractivity contribution in [3.63, 3.8) is 0 Å². The van der Waals surface area contributed by atoms with Crippen molar-refractivity contribution in [1.82, 2.24) is 4.98 Å². The van der Waals surface area contributed by atoms with E-state index in [2.05, 4.69) is 4.98 Å². The molecule has 17 heavy (non-hydrogen) atoms. The molecule has 0 spiro atoms. The van der Waals surface area contributed by atoms with Gasteiger partial charge in [-0.05, 0) is 12.1 Å². The van der Waals surface area contributed by atoms with E-state index in [1.807, 2.05) is 0 Å². The molecule has 0 unspecified atom stereocenters. The molecule has 0 saturated heterocycles. The summed E-state index contributed by atoms with van der Waals surface area (Å²) in [6, 6.07) is 6.90. The number of anilines is 1. The lowest BCUT2D eigenvalue weighted by molar-refractivity contribution is 0.0602. The smallest absolute Gasteiger partial charge is 0.340 e. The average molecular weight is 251 g/mol. The SMILES string of the molecule is COC(=O)c1cc[nH]c1-c1cccc(Cl)c1N. The van der Waals surface area contributed by atoms with Crippen LogP contribution in [0.5, 0.6) is 0 Å². The number of nitrogen functional groups attached to an aromatic ring is 1. The molecule has 88 valence electrons. The number of nitrogens with one attached hydrogen (secondary N) is 1. The Kier molecular flexibility index (Phi) is 3.06. The van der Waals surface area contributed by atoms with E-state index in [9.17, 15) is 4.79 Å². The fraction of sp³-hybridized carbons (Fsp3) is 0.0833. The monoisotopic (exact) mass is 250 g/mol. The van der Waals surface area contributed by atoms with Crippen LogP contribution >= 0.6 is 11.6 Å². The second-order valence-corrected chi connectivity index (χ2v) is 3.87. The van der Waals surface area contributed by atoms with Crippen LogP contribution in [0.2, 0.25) is 5.02 Å². The first-order chi connectivity index (χ1) is 8.15. The Morgan fingerprint density at radius 3 is 2.88 bits per heavy atom. The maximum absolute atomic E-state index is 11.5. The fourth-order valence-electron chi connectivity index (χ4n) is 1.63. The Bertz CT molecular complexity index is 563. The lowest BCUT2D eigenvalue weighted by Crippen LogP contribution is -2.02. The topological polar surface area (TPSA) is 68.1 Å². The van der Waals surface area contributed by atoms with Crippen LogP contribution in [-0.4, -0.2) is 18.1 Å². The lowest BCUT2D eigenvalue weighted by Gasteiger charge is -2.07. The number of benzene rings is 1. The number of carbonyl (C=O) groups excluding carboxylic acids is 1. The highest BCUT2D eigenvalue weighted by molar-refractivity contribution is 6.33. The molecule has 0 amide bonds. The molecule has 1 aromatic heterocycles. The first-order valence-corrected chi connectivity index (χ1v) is 5.33. The van der Waals surface area contributed by atoms with Crippen molar-refractivity contribution >= 4 is 23.3 Å². The van der Waals surface area contributed by atoms with E-state index < -0.39 is 5.97 Å². The number of rotatable bonds is 2. The van der Waals surface area contributed by atoms with Crippen molar-refractivity contribution in [3.05, 3.63) is 41.0 Å². The number of halogens is 1. The zero-order chi connectivity index (χ0) is 12.4. The number of H-pyrrole nitrogens is 1. The third kappa shape index (κ3) is 1.99. The molecule has 0 radical (unpaired) electrons. The summed E-state index contributed by atoms with van der Waals surface area (Å²) in [7, 11) is 1.33. The van der Waals surface area contributed by atoms with Crippen LogP contribution in [0.25, 0.3) is 11.3 Å². The third-order valence-corrected chi connectivity index (χ3v) is 2.80. The van der Waals surface area contributed by atoms with Gasteiger partial charge in [-0.3, -0.25) is 0 Å². The minimum Gasteiger partial charge on any atom is -0.465 e. The van der Waals surface area contributed by atoms with Crippen molar-refractivity contribution in [3.8, 4) is 11.3 Å². The summed E-state index contributed by atoms with van der Waals surface area (Å²) in [4.78, 5) is 14.5. The van der Waals surface area contributed by atoms with Crippen molar-refractivity contribution in [2.45, 2.75) is 0 Å². The highest BCUT2D eigenvalue weighted by Crippen LogP contribution is 2.32. The Hall–Kier alpha value is -1.94. The maximum Gasteiger partial charge on any atom is 0.340 e. The van der Waals surface area contributed by atoms with Crippen LogP contribution in [0.3, 0.4) is 0 Å². The van der Waals surface area contributed by atoms with Gasteiger partial charge in [0.15, 0.2) is 0 Å². The van der Waals surface area contributed by atoms with E-state index in [4.69, 9.17) is 22.1 Å². The largest absolute Gasteiger partial charge is 0.465 e. The summed E-state index contributed by atoms with van der Waals surface area (Å²) in [6.07, 6.45) is 1.65. The van der Waals surface area contributed by atoms with Crippen LogP contribution in [0.1, 0.15) is 10.4 Å². The first-order valence-electron chi connectivity index (χ1n) is 4.95. The molecule has 5 heteroatoms. The summed E-state index contributed by atoms with van der Waals surface area (Å²) in [5.41, 5.74) is 8.04. The summed E-state index contributed by atoms with van der Waals surface area (Å²) < 4.78 is 4.69. The maximum atomic E-state index is 11.5. The molecule has 0 aliphatic carbocycles. The van der Waals surface area contributed by atoms with E-state index >= 15 is 0 Å². The summed E-state index contributed by atoms with van der Waals surface area (Å²) in [6.45, 7) is 0. The zero-order valence-electron chi connectivity index (χ0n) is 9.16. The van der Waals surface area contributed by atoms with Crippen molar-refractivity contribution in [2.24, 2.45) is 0 Å². The molecule has 0 aliphatic rings. The number of aromatic amines is 1. The molecular weight excluding hydrogens is 240 g/mol. The number of carbonyl (C=O) groups is 1. The molecule has 0 bridgehead atoms. The quantitative estimate of drug-likeness (QED) is 0.636. The molecule has 1 heterocycles. The second kappa shape index (κ2) is 4.51. The minimum absolute atomic E-state index is 0.416. The fourth-order valence-corrected chi connectivity index (χ4v) is 1.80. The average Bonchev–Trinajstić information content (AvgIpc) is 2.80. The lowest BCUT2D eigenvalue weighted by atomic mass is 10.1. The number of ether oxygens (including phenoxy) is 1. The number of hydrogen-bond acceptors (Lipinski definition) is 3. The van der Waals surface area contributed by atoms with Crippen LogP contribution in [0.4, 0.5) is 5.69 Å². The number of aromatic nitrogens is 1. The standard InChI is InChI=1S/C12H11ClN2O2/c1-17-12(16)8-5-6-15-11(8)7-3-2-4-9(13)10(7)14/h2-6,15H,14H2,1H3. The third-order valence-electron chi connectivity index (χ3n) is 2.47. The van der Waals surface area contributed by atoms with Gasteiger partial charge in [0, 0.05) is 11.8 Å². The first kappa shape index (κ1) is 11.5. The van der Waals surface area contributed by atoms with Crippen LogP contribution in [0.15, 0.2) is 30.5 Å². The number of esters is 1. The van der Waals surface area contributed by atoms with E-state index in [1.54, 1.807) is 30.5 Å². The molecule has 4 nitrogen and oxygen atoms in total. The number of para-hydroxylation sites is 1. The van der Waals surface area contributed by atoms with Crippen LogP contribution < -0.4 is 5.73 Å². The molecule has 2 aromatic rings. The van der Waals surface area contributed by atoms with Crippen molar-refractivity contribution in [1.29, 1.82) is 0 Å². The highest BCUT2D eigenvalue weighted by atomic mass is 35.5. The highest BCUT2D eigenvalue weighted by Gasteiger charge is 2.16. The van der Waals surface area contributed by atoms with Crippen LogP contribution in [-0.2, 0) is 4.74 Å². The van der Waals surface area contributed by atoms with Gasteiger partial charge >= 0.3 is 5.97 Å². The van der Waals surface area contributed by atoms with E-state index in [-0.39, 0.29) is 0 Å². The number of hydrogen-bond donors (Lipinski definition) is 2. The Labute approximate surface area is 103 Å². The molecule has 0 aliphatic heterocycles. The van der Waals surface area contributed by atoms with Gasteiger partial charge in [0.1, 0.15) is 0 Å². The van der Waals surface area contributed by atoms with Gasteiger partial charge in [0.2, 0.25) is 0 Å². The molecule has 1 aromatic carbocycles. The minimum atomic E-state index is -0.416. The van der Waals surface area contributed by atoms with Crippen LogP contribution in [0, 0.1) is 0 Å². The Morgan fingerprint density at radius 2 is 2.18 bits per heavy atom. The molecule has 0 saturated carbocycles. The zero-order valence-corrected chi connectivity index (χ0v) is 9.91. The normalized spacial score (nSPS) is 10.2.